The van der Waals surface area contributed by atoms with Crippen LogP contribution < -0.4 is 15.5 Å². The predicted octanol–water partition coefficient (Wildman–Crippen LogP) is 12.6. The monoisotopic (exact) mass is 757 g/mol. The van der Waals surface area contributed by atoms with Gasteiger partial charge in [-0.25, -0.2) is 0 Å². The van der Waals surface area contributed by atoms with Gasteiger partial charge < -0.3 is 15.5 Å². The maximum atomic E-state index is 6.58. The van der Waals surface area contributed by atoms with Gasteiger partial charge in [0.2, 0.25) is 0 Å². The summed E-state index contributed by atoms with van der Waals surface area (Å²) in [6.07, 6.45) is 0.613. The van der Waals surface area contributed by atoms with Gasteiger partial charge in [-0.05, 0) is 127 Å². The third-order valence-corrected chi connectivity index (χ3v) is 10.2. The number of nitrogens with two attached hydrogens (primary N) is 1. The molecule has 0 aliphatic heterocycles. The van der Waals surface area contributed by atoms with Gasteiger partial charge in [0.1, 0.15) is 0 Å². The Balaban J connectivity index is 2.03. The number of rotatable bonds is 9. The fourth-order valence-electron chi connectivity index (χ4n) is 6.71. The molecule has 0 saturated carbocycles. The highest BCUT2D eigenvalue weighted by Gasteiger charge is 2.35. The van der Waals surface area contributed by atoms with Gasteiger partial charge in [0.25, 0.3) is 0 Å². The van der Waals surface area contributed by atoms with E-state index in [0.717, 1.165) is 20.3 Å². The van der Waals surface area contributed by atoms with Crippen molar-refractivity contribution in [3.63, 3.8) is 0 Å². The Morgan fingerprint density at radius 1 is 0.638 bits per heavy atom. The molecular formula is C42H53Br2N3. The maximum absolute atomic E-state index is 6.58. The quantitative estimate of drug-likeness (QED) is 0.184. The number of aryl methyl sites for hydroxylation is 4. The fourth-order valence-corrected chi connectivity index (χ4v) is 7.24. The summed E-state index contributed by atoms with van der Waals surface area (Å²) in [5.41, 5.74) is 19.7. The third-order valence-electron chi connectivity index (χ3n) is 9.17. The van der Waals surface area contributed by atoms with Gasteiger partial charge in [-0.1, -0.05) is 104 Å². The van der Waals surface area contributed by atoms with Gasteiger partial charge >= 0.3 is 0 Å². The Hall–Kier alpha value is -3.02. The van der Waals surface area contributed by atoms with Crippen molar-refractivity contribution in [3.8, 4) is 0 Å². The van der Waals surface area contributed by atoms with E-state index in [1.807, 2.05) is 0 Å². The van der Waals surface area contributed by atoms with Gasteiger partial charge in [0, 0.05) is 43.8 Å². The molecule has 0 amide bonds. The van der Waals surface area contributed by atoms with Crippen LogP contribution in [0.2, 0.25) is 0 Å². The molecule has 4 rings (SSSR count). The van der Waals surface area contributed by atoms with Gasteiger partial charge in [-0.3, -0.25) is 0 Å². The highest BCUT2D eigenvalue weighted by molar-refractivity contribution is 9.10. The minimum atomic E-state index is -0.0590. The van der Waals surface area contributed by atoms with Crippen LogP contribution in [0.3, 0.4) is 0 Å². The van der Waals surface area contributed by atoms with Crippen LogP contribution in [-0.4, -0.2) is 12.1 Å². The van der Waals surface area contributed by atoms with Crippen LogP contribution in [0.1, 0.15) is 88.3 Å². The van der Waals surface area contributed by atoms with Crippen molar-refractivity contribution < 1.29 is 0 Å². The standard InChI is InChI=1S/C42H53Br2N3/c1-26-21-32(41(7,8)9)22-27(2)39(26)46(36-17-13-34(43)14-18-36)31(6)38(25-30(5)45)47(37-19-15-35(44)16-20-37)40-28(3)23-33(24-29(40)4)42(10,11)12/h13-24,31,38H,5,25,45H2,1-4,6-12H3/t31?,38-/m0/s1. The summed E-state index contributed by atoms with van der Waals surface area (Å²) in [5.74, 6) is 0. The van der Waals surface area contributed by atoms with Crippen molar-refractivity contribution in [1.82, 2.24) is 0 Å². The molecule has 2 N–H and O–H groups in total. The van der Waals surface area contributed by atoms with Crippen LogP contribution >= 0.6 is 31.9 Å². The number of hydrogen-bond acceptors (Lipinski definition) is 3. The largest absolute Gasteiger partial charge is 0.402 e. The molecule has 0 radical (unpaired) electrons. The number of benzene rings is 4. The molecule has 3 nitrogen and oxygen atoms in total. The molecule has 1 unspecified atom stereocenters. The normalized spacial score (nSPS) is 13.3. The topological polar surface area (TPSA) is 32.5 Å². The molecular weight excluding hydrogens is 706 g/mol. The summed E-state index contributed by atoms with van der Waals surface area (Å²) in [6, 6.07) is 26.7. The summed E-state index contributed by atoms with van der Waals surface area (Å²) < 4.78 is 2.10. The van der Waals surface area contributed by atoms with Gasteiger partial charge in [0.05, 0.1) is 12.1 Å². The first-order chi connectivity index (χ1) is 21.8. The summed E-state index contributed by atoms with van der Waals surface area (Å²) in [5, 5.41) is 0. The zero-order chi connectivity index (χ0) is 35.0. The highest BCUT2D eigenvalue weighted by Crippen LogP contribution is 2.43. The van der Waals surface area contributed by atoms with Gasteiger partial charge in [-0.15, -0.1) is 0 Å². The van der Waals surface area contributed by atoms with Crippen LogP contribution in [0.25, 0.3) is 0 Å². The van der Waals surface area contributed by atoms with Crippen LogP contribution in [0.15, 0.2) is 94.0 Å². The van der Waals surface area contributed by atoms with E-state index in [0.29, 0.717) is 12.1 Å². The summed E-state index contributed by atoms with van der Waals surface area (Å²) in [7, 11) is 0. The van der Waals surface area contributed by atoms with Crippen LogP contribution in [0.4, 0.5) is 22.7 Å². The molecule has 250 valence electrons. The molecule has 0 spiro atoms. The average molecular weight is 760 g/mol. The summed E-state index contributed by atoms with van der Waals surface area (Å²) >= 11 is 7.36. The first-order valence-corrected chi connectivity index (χ1v) is 18.1. The molecule has 0 aromatic heterocycles. The summed E-state index contributed by atoms with van der Waals surface area (Å²) in [6.45, 7) is 29.3. The van der Waals surface area contributed by atoms with Crippen molar-refractivity contribution in [2.75, 3.05) is 9.80 Å². The predicted molar refractivity (Wildman–Crippen MR) is 213 cm³/mol. The molecule has 0 aliphatic rings. The van der Waals surface area contributed by atoms with Crippen molar-refractivity contribution in [3.05, 3.63) is 127 Å². The minimum Gasteiger partial charge on any atom is -0.402 e. The smallest absolute Gasteiger partial charge is 0.0601 e. The Morgan fingerprint density at radius 2 is 0.957 bits per heavy atom. The zero-order valence-corrected chi connectivity index (χ0v) is 33.4. The second kappa shape index (κ2) is 14.2. The lowest BCUT2D eigenvalue weighted by molar-refractivity contribution is 0.529. The minimum absolute atomic E-state index is 0.0147. The lowest BCUT2D eigenvalue weighted by Gasteiger charge is -2.45. The zero-order valence-electron chi connectivity index (χ0n) is 30.2. The SMILES string of the molecule is C=C(N)C[C@@H](C(C)N(c1ccc(Br)cc1)c1c(C)cc(C(C)(C)C)cc1C)N(c1ccc(Br)cc1)c1c(C)cc(C(C)(C)C)cc1C. The Morgan fingerprint density at radius 3 is 1.28 bits per heavy atom. The van der Waals surface area contributed by atoms with E-state index >= 15 is 0 Å². The van der Waals surface area contributed by atoms with E-state index in [2.05, 4.69) is 197 Å². The van der Waals surface area contributed by atoms with Crippen LogP contribution in [-0.2, 0) is 10.8 Å². The van der Waals surface area contributed by atoms with Crippen molar-refractivity contribution >= 4 is 54.6 Å². The molecule has 0 fully saturated rings. The highest BCUT2D eigenvalue weighted by atomic mass is 79.9. The second-order valence-electron chi connectivity index (χ2n) is 15.3. The number of anilines is 4. The van der Waals surface area contributed by atoms with Crippen LogP contribution in [0.5, 0.6) is 0 Å². The van der Waals surface area contributed by atoms with E-state index in [4.69, 9.17) is 5.73 Å². The first-order valence-electron chi connectivity index (χ1n) is 16.6. The average Bonchev–Trinajstić information content (AvgIpc) is 2.95. The van der Waals surface area contributed by atoms with Crippen molar-refractivity contribution in [2.24, 2.45) is 5.73 Å². The summed E-state index contributed by atoms with van der Waals surface area (Å²) in [4.78, 5) is 5.05. The Bertz CT molecular complexity index is 1680. The van der Waals surface area contributed by atoms with E-state index in [1.165, 1.54) is 44.8 Å². The number of halogens is 2. The molecule has 4 aromatic carbocycles. The maximum Gasteiger partial charge on any atom is 0.0601 e. The Labute approximate surface area is 301 Å². The lowest BCUT2D eigenvalue weighted by atomic mass is 9.84. The molecule has 0 aliphatic carbocycles. The van der Waals surface area contributed by atoms with Crippen molar-refractivity contribution in [2.45, 2.75) is 105 Å². The lowest BCUT2D eigenvalue weighted by Crippen LogP contribution is -2.49. The molecule has 0 bridgehead atoms. The molecule has 0 heterocycles. The Kier molecular flexibility index (Phi) is 11.1. The second-order valence-corrected chi connectivity index (χ2v) is 17.1. The fraction of sp³-hybridized carbons (Fsp3) is 0.381. The first kappa shape index (κ1) is 36.8. The molecule has 2 atom stereocenters. The van der Waals surface area contributed by atoms with E-state index < -0.39 is 0 Å². The molecule has 5 heteroatoms. The van der Waals surface area contributed by atoms with Crippen LogP contribution in [0, 0.1) is 27.7 Å². The number of hydrogen-bond donors (Lipinski definition) is 1. The van der Waals surface area contributed by atoms with E-state index in [1.54, 1.807) is 0 Å². The molecule has 0 saturated heterocycles. The van der Waals surface area contributed by atoms with Gasteiger partial charge in [0.15, 0.2) is 0 Å². The van der Waals surface area contributed by atoms with E-state index in [-0.39, 0.29) is 22.9 Å². The number of nitrogens with zero attached hydrogens (tertiary/aromatic N) is 2. The third kappa shape index (κ3) is 8.35. The van der Waals surface area contributed by atoms with E-state index in [9.17, 15) is 0 Å². The van der Waals surface area contributed by atoms with Crippen molar-refractivity contribution in [1.29, 1.82) is 0 Å². The molecule has 47 heavy (non-hydrogen) atoms. The van der Waals surface area contributed by atoms with Gasteiger partial charge in [-0.2, -0.15) is 0 Å². The molecule has 4 aromatic rings.